The number of halogens is 1. The van der Waals surface area contributed by atoms with E-state index >= 15 is 0 Å². The number of ether oxygens (including phenoxy) is 1. The van der Waals surface area contributed by atoms with Gasteiger partial charge < -0.3 is 14.5 Å². The van der Waals surface area contributed by atoms with Crippen molar-refractivity contribution < 1.29 is 18.3 Å². The predicted octanol–water partition coefficient (Wildman–Crippen LogP) is 1.77. The number of benzene rings is 1. The lowest BCUT2D eigenvalue weighted by atomic mass is 10.3. The zero-order valence-corrected chi connectivity index (χ0v) is 13.7. The zero-order valence-electron chi connectivity index (χ0n) is 12.9. The molecule has 24 heavy (non-hydrogen) atoms. The molecule has 0 aliphatic carbocycles. The summed E-state index contributed by atoms with van der Waals surface area (Å²) in [4.78, 5) is 14.0. The molecule has 9 heteroatoms. The van der Waals surface area contributed by atoms with Crippen LogP contribution in [0.4, 0.5) is 10.1 Å². The van der Waals surface area contributed by atoms with Crippen LogP contribution in [0, 0.1) is 5.82 Å². The van der Waals surface area contributed by atoms with E-state index in [-0.39, 0.29) is 17.5 Å². The highest BCUT2D eigenvalue weighted by Gasteiger charge is 2.15. The van der Waals surface area contributed by atoms with E-state index in [1.165, 1.54) is 24.3 Å². The van der Waals surface area contributed by atoms with Gasteiger partial charge in [0.15, 0.2) is 0 Å². The van der Waals surface area contributed by atoms with Crippen molar-refractivity contribution in [2.24, 2.45) is 0 Å². The van der Waals surface area contributed by atoms with Crippen LogP contribution >= 0.6 is 11.8 Å². The van der Waals surface area contributed by atoms with Crippen LogP contribution in [0.1, 0.15) is 5.89 Å². The summed E-state index contributed by atoms with van der Waals surface area (Å²) in [7, 11) is 0. The molecule has 0 bridgehead atoms. The van der Waals surface area contributed by atoms with Gasteiger partial charge in [0.05, 0.1) is 25.5 Å². The first kappa shape index (κ1) is 16.9. The first-order valence-corrected chi connectivity index (χ1v) is 8.48. The minimum absolute atomic E-state index is 0.135. The van der Waals surface area contributed by atoms with Crippen LogP contribution < -0.4 is 5.32 Å². The van der Waals surface area contributed by atoms with Gasteiger partial charge in [0.1, 0.15) is 5.82 Å². The van der Waals surface area contributed by atoms with Gasteiger partial charge in [-0.1, -0.05) is 11.8 Å². The molecule has 1 aromatic carbocycles. The highest BCUT2D eigenvalue weighted by Crippen LogP contribution is 2.18. The smallest absolute Gasteiger partial charge is 0.277 e. The second-order valence-electron chi connectivity index (χ2n) is 5.19. The van der Waals surface area contributed by atoms with E-state index in [0.717, 1.165) is 24.9 Å². The van der Waals surface area contributed by atoms with Crippen LogP contribution in [-0.4, -0.2) is 53.1 Å². The summed E-state index contributed by atoms with van der Waals surface area (Å²) < 4.78 is 23.6. The Kier molecular flexibility index (Phi) is 5.78. The van der Waals surface area contributed by atoms with Crippen molar-refractivity contribution in [3.05, 3.63) is 36.0 Å². The van der Waals surface area contributed by atoms with E-state index in [0.29, 0.717) is 36.6 Å². The number of nitrogens with zero attached hydrogens (tertiary/aromatic N) is 3. The second kappa shape index (κ2) is 8.22. The van der Waals surface area contributed by atoms with E-state index in [1.54, 1.807) is 0 Å². The first-order valence-electron chi connectivity index (χ1n) is 7.50. The lowest BCUT2D eigenvalue weighted by molar-refractivity contribution is -0.113. The van der Waals surface area contributed by atoms with Gasteiger partial charge in [-0.2, -0.15) is 0 Å². The highest BCUT2D eigenvalue weighted by molar-refractivity contribution is 7.99. The Hall–Kier alpha value is -1.97. The molecular formula is C15H17FN4O3S. The molecule has 128 valence electrons. The Morgan fingerprint density at radius 2 is 2.00 bits per heavy atom. The molecule has 0 atom stereocenters. The van der Waals surface area contributed by atoms with Crippen molar-refractivity contribution in [2.75, 3.05) is 37.4 Å². The molecule has 1 amide bonds. The van der Waals surface area contributed by atoms with Gasteiger partial charge in [-0.15, -0.1) is 10.2 Å². The number of morpholine rings is 1. The standard InChI is InChI=1S/C15H17FN4O3S/c16-11-1-3-12(4-2-11)17-13(21)10-24-15-19-18-14(23-15)9-20-5-7-22-8-6-20/h1-4H,5-10H2,(H,17,21). The summed E-state index contributed by atoms with van der Waals surface area (Å²) in [5, 5.41) is 10.9. The topological polar surface area (TPSA) is 80.5 Å². The van der Waals surface area contributed by atoms with E-state index in [1.807, 2.05) is 0 Å². The fourth-order valence-corrected chi connectivity index (χ4v) is 2.75. The predicted molar refractivity (Wildman–Crippen MR) is 86.1 cm³/mol. The van der Waals surface area contributed by atoms with Crippen molar-refractivity contribution in [3.63, 3.8) is 0 Å². The van der Waals surface area contributed by atoms with Gasteiger partial charge in [0.25, 0.3) is 5.22 Å². The number of anilines is 1. The molecule has 1 aliphatic heterocycles. The van der Waals surface area contributed by atoms with Crippen LogP contribution in [0.15, 0.2) is 33.9 Å². The summed E-state index contributed by atoms with van der Waals surface area (Å²) in [5.41, 5.74) is 0.542. The minimum atomic E-state index is -0.346. The van der Waals surface area contributed by atoms with E-state index < -0.39 is 0 Å². The molecule has 1 N–H and O–H groups in total. The maximum atomic E-state index is 12.8. The number of hydrogen-bond acceptors (Lipinski definition) is 7. The molecule has 0 spiro atoms. The molecule has 1 aromatic heterocycles. The lowest BCUT2D eigenvalue weighted by Crippen LogP contribution is -2.35. The summed E-state index contributed by atoms with van der Waals surface area (Å²) in [5.74, 6) is 0.0928. The minimum Gasteiger partial charge on any atom is -0.415 e. The Labute approximate surface area is 142 Å². The van der Waals surface area contributed by atoms with Gasteiger partial charge in [-0.25, -0.2) is 4.39 Å². The Balaban J connectivity index is 1.44. The van der Waals surface area contributed by atoms with Gasteiger partial charge in [-0.05, 0) is 24.3 Å². The van der Waals surface area contributed by atoms with E-state index in [2.05, 4.69) is 20.4 Å². The summed E-state index contributed by atoms with van der Waals surface area (Å²) >= 11 is 1.16. The van der Waals surface area contributed by atoms with Crippen LogP contribution in [0.5, 0.6) is 0 Å². The molecule has 7 nitrogen and oxygen atoms in total. The average Bonchev–Trinajstić information content (AvgIpc) is 3.03. The highest BCUT2D eigenvalue weighted by atomic mass is 32.2. The number of hydrogen-bond donors (Lipinski definition) is 1. The van der Waals surface area contributed by atoms with E-state index in [9.17, 15) is 9.18 Å². The number of rotatable bonds is 6. The number of carbonyl (C=O) groups is 1. The number of nitrogens with one attached hydrogen (secondary N) is 1. The quantitative estimate of drug-likeness (QED) is 0.794. The average molecular weight is 352 g/mol. The summed E-state index contributed by atoms with van der Waals surface area (Å²) in [6.07, 6.45) is 0. The molecule has 1 fully saturated rings. The van der Waals surface area contributed by atoms with Crippen molar-refractivity contribution in [3.8, 4) is 0 Å². The SMILES string of the molecule is O=C(CSc1nnc(CN2CCOCC2)o1)Nc1ccc(F)cc1. The van der Waals surface area contributed by atoms with Gasteiger partial charge in [0, 0.05) is 18.8 Å². The van der Waals surface area contributed by atoms with Crippen molar-refractivity contribution in [2.45, 2.75) is 11.8 Å². The largest absolute Gasteiger partial charge is 0.415 e. The third kappa shape index (κ3) is 5.02. The van der Waals surface area contributed by atoms with Crippen molar-refractivity contribution >= 4 is 23.4 Å². The van der Waals surface area contributed by atoms with Gasteiger partial charge in [-0.3, -0.25) is 9.69 Å². The van der Waals surface area contributed by atoms with Crippen LogP contribution in [0.25, 0.3) is 0 Å². The summed E-state index contributed by atoms with van der Waals surface area (Å²) in [6, 6.07) is 5.59. The maximum absolute atomic E-state index is 12.8. The lowest BCUT2D eigenvalue weighted by Gasteiger charge is -2.24. The van der Waals surface area contributed by atoms with Gasteiger partial charge in [0.2, 0.25) is 11.8 Å². The molecule has 1 saturated heterocycles. The van der Waals surface area contributed by atoms with E-state index in [4.69, 9.17) is 9.15 Å². The fourth-order valence-electron chi connectivity index (χ4n) is 2.17. The molecule has 0 radical (unpaired) electrons. The normalized spacial score (nSPS) is 15.4. The first-order chi connectivity index (χ1) is 11.7. The molecule has 2 heterocycles. The Morgan fingerprint density at radius 3 is 2.75 bits per heavy atom. The number of thioether (sulfide) groups is 1. The third-order valence-corrected chi connectivity index (χ3v) is 4.18. The van der Waals surface area contributed by atoms with Crippen LogP contribution in [0.3, 0.4) is 0 Å². The Bertz CT molecular complexity index is 674. The third-order valence-electron chi connectivity index (χ3n) is 3.37. The molecule has 3 rings (SSSR count). The number of aromatic nitrogens is 2. The number of carbonyl (C=O) groups excluding carboxylic acids is 1. The molecular weight excluding hydrogens is 335 g/mol. The summed E-state index contributed by atoms with van der Waals surface area (Å²) in [6.45, 7) is 3.67. The molecule has 0 saturated carbocycles. The molecule has 0 unspecified atom stereocenters. The second-order valence-corrected chi connectivity index (χ2v) is 6.12. The molecule has 2 aromatic rings. The van der Waals surface area contributed by atoms with Crippen molar-refractivity contribution in [1.29, 1.82) is 0 Å². The maximum Gasteiger partial charge on any atom is 0.277 e. The van der Waals surface area contributed by atoms with Crippen molar-refractivity contribution in [1.82, 2.24) is 15.1 Å². The van der Waals surface area contributed by atoms with Gasteiger partial charge >= 0.3 is 0 Å². The van der Waals surface area contributed by atoms with Crippen LogP contribution in [0.2, 0.25) is 0 Å². The Morgan fingerprint density at radius 1 is 1.25 bits per heavy atom. The number of amides is 1. The van der Waals surface area contributed by atoms with Crippen LogP contribution in [-0.2, 0) is 16.1 Å². The monoisotopic (exact) mass is 352 g/mol. The fraction of sp³-hybridized carbons (Fsp3) is 0.400. The zero-order chi connectivity index (χ0) is 16.8. The molecule has 1 aliphatic rings.